The van der Waals surface area contributed by atoms with Crippen molar-refractivity contribution in [1.29, 1.82) is 0 Å². The van der Waals surface area contributed by atoms with Crippen LogP contribution in [0.15, 0.2) is 18.2 Å². The van der Waals surface area contributed by atoms with Gasteiger partial charge in [-0.25, -0.2) is 4.39 Å². The zero-order chi connectivity index (χ0) is 14.2. The van der Waals surface area contributed by atoms with Gasteiger partial charge in [0, 0.05) is 18.7 Å². The molecule has 0 bridgehead atoms. The van der Waals surface area contributed by atoms with E-state index in [-0.39, 0.29) is 11.6 Å². The van der Waals surface area contributed by atoms with Crippen molar-refractivity contribution in [2.75, 3.05) is 18.0 Å². The third kappa shape index (κ3) is 2.46. The van der Waals surface area contributed by atoms with Crippen LogP contribution in [0.3, 0.4) is 0 Å². The van der Waals surface area contributed by atoms with Crippen molar-refractivity contribution in [3.8, 4) is 0 Å². The summed E-state index contributed by atoms with van der Waals surface area (Å²) in [6, 6.07) is 4.87. The van der Waals surface area contributed by atoms with Crippen LogP contribution in [0.2, 0.25) is 0 Å². The van der Waals surface area contributed by atoms with E-state index >= 15 is 0 Å². The van der Waals surface area contributed by atoms with Crippen LogP contribution in [0.1, 0.15) is 55.8 Å². The van der Waals surface area contributed by atoms with E-state index in [4.69, 9.17) is 0 Å². The Hall–Kier alpha value is -1.38. The van der Waals surface area contributed by atoms with Gasteiger partial charge in [-0.3, -0.25) is 4.79 Å². The van der Waals surface area contributed by atoms with Crippen LogP contribution in [0, 0.1) is 11.2 Å². The van der Waals surface area contributed by atoms with Crippen molar-refractivity contribution in [2.24, 2.45) is 5.41 Å². The number of rotatable bonds is 2. The zero-order valence-electron chi connectivity index (χ0n) is 12.1. The molecule has 0 radical (unpaired) electrons. The molecule has 1 saturated carbocycles. The van der Waals surface area contributed by atoms with E-state index < -0.39 is 0 Å². The molecule has 0 aromatic heterocycles. The van der Waals surface area contributed by atoms with Gasteiger partial charge in [0.1, 0.15) is 5.82 Å². The largest absolute Gasteiger partial charge is 0.369 e. The Balaban J connectivity index is 1.73. The molecule has 0 N–H and O–H groups in total. The normalized spacial score (nSPS) is 21.4. The van der Waals surface area contributed by atoms with Crippen molar-refractivity contribution in [2.45, 2.75) is 45.4 Å². The number of hydrogen-bond donors (Lipinski definition) is 0. The predicted octanol–water partition coefficient (Wildman–Crippen LogP) is 4.19. The van der Waals surface area contributed by atoms with Crippen LogP contribution < -0.4 is 4.90 Å². The number of ketones is 1. The lowest BCUT2D eigenvalue weighted by molar-refractivity contribution is 0.101. The van der Waals surface area contributed by atoms with Gasteiger partial charge < -0.3 is 4.90 Å². The molecule has 1 aromatic carbocycles. The minimum Gasteiger partial charge on any atom is -0.369 e. The summed E-state index contributed by atoms with van der Waals surface area (Å²) in [6.07, 6.45) is 7.80. The lowest BCUT2D eigenvalue weighted by Crippen LogP contribution is -2.39. The molecular formula is C17H22FNO. The van der Waals surface area contributed by atoms with Crippen molar-refractivity contribution in [3.05, 3.63) is 29.6 Å². The van der Waals surface area contributed by atoms with Crippen molar-refractivity contribution >= 4 is 11.5 Å². The fourth-order valence-corrected chi connectivity index (χ4v) is 3.83. The number of anilines is 1. The molecule has 0 atom stereocenters. The number of Topliss-reactive ketones (excluding diaryl/α,β-unsaturated/α-hetero) is 1. The first-order valence-electron chi connectivity index (χ1n) is 7.65. The maximum atomic E-state index is 14.2. The maximum Gasteiger partial charge on any atom is 0.159 e. The fourth-order valence-electron chi connectivity index (χ4n) is 3.83. The van der Waals surface area contributed by atoms with Gasteiger partial charge in [-0.15, -0.1) is 0 Å². The predicted molar refractivity (Wildman–Crippen MR) is 78.8 cm³/mol. The molecule has 3 heteroatoms. The number of benzene rings is 1. The average Bonchev–Trinajstić information content (AvgIpc) is 2.88. The van der Waals surface area contributed by atoms with E-state index in [1.165, 1.54) is 51.5 Å². The minimum atomic E-state index is -0.264. The summed E-state index contributed by atoms with van der Waals surface area (Å²) in [5.41, 5.74) is 1.66. The molecule has 2 nitrogen and oxygen atoms in total. The maximum absolute atomic E-state index is 14.2. The van der Waals surface area contributed by atoms with Gasteiger partial charge in [0.2, 0.25) is 0 Å². The average molecular weight is 275 g/mol. The molecule has 20 heavy (non-hydrogen) atoms. The molecule has 3 rings (SSSR count). The summed E-state index contributed by atoms with van der Waals surface area (Å²) in [6.45, 7) is 3.35. The number of piperidine rings is 1. The molecule has 2 aliphatic rings. The monoisotopic (exact) mass is 275 g/mol. The Morgan fingerprint density at radius 3 is 2.35 bits per heavy atom. The second-order valence-corrected chi connectivity index (χ2v) is 6.42. The summed E-state index contributed by atoms with van der Waals surface area (Å²) < 4.78 is 14.2. The van der Waals surface area contributed by atoms with Crippen LogP contribution in [-0.2, 0) is 0 Å². The van der Waals surface area contributed by atoms with Gasteiger partial charge in [0.15, 0.2) is 5.78 Å². The summed E-state index contributed by atoms with van der Waals surface area (Å²) in [4.78, 5) is 13.4. The van der Waals surface area contributed by atoms with E-state index in [2.05, 4.69) is 4.90 Å². The van der Waals surface area contributed by atoms with E-state index in [0.717, 1.165) is 13.1 Å². The van der Waals surface area contributed by atoms with Gasteiger partial charge in [0.05, 0.1) is 5.69 Å². The number of nitrogens with zero attached hydrogens (tertiary/aromatic N) is 1. The molecule has 0 amide bonds. The molecule has 1 heterocycles. The van der Waals surface area contributed by atoms with E-state index in [1.54, 1.807) is 12.1 Å². The summed E-state index contributed by atoms with van der Waals surface area (Å²) in [7, 11) is 0. The lowest BCUT2D eigenvalue weighted by atomic mass is 9.77. The molecule has 108 valence electrons. The number of carbonyl (C=O) groups is 1. The van der Waals surface area contributed by atoms with Crippen LogP contribution in [0.4, 0.5) is 10.1 Å². The molecule has 1 spiro atoms. The lowest BCUT2D eigenvalue weighted by Gasteiger charge is -2.40. The SMILES string of the molecule is CC(=O)c1ccc(N2CCC3(CCCC3)CC2)c(F)c1. The summed E-state index contributed by atoms with van der Waals surface area (Å²) in [5, 5.41) is 0. The standard InChI is InChI=1S/C17H22FNO/c1-13(20)14-4-5-16(15(18)12-14)19-10-8-17(9-11-19)6-2-3-7-17/h4-5,12H,2-3,6-11H2,1H3. The number of halogens is 1. The Bertz CT molecular complexity index is 510. The minimum absolute atomic E-state index is 0.0843. The Morgan fingerprint density at radius 1 is 1.15 bits per heavy atom. The third-order valence-corrected chi connectivity index (χ3v) is 5.18. The second-order valence-electron chi connectivity index (χ2n) is 6.42. The quantitative estimate of drug-likeness (QED) is 0.754. The highest BCUT2D eigenvalue weighted by Crippen LogP contribution is 2.46. The molecule has 1 aliphatic carbocycles. The topological polar surface area (TPSA) is 20.3 Å². The molecule has 0 unspecified atom stereocenters. The summed E-state index contributed by atoms with van der Waals surface area (Å²) in [5.74, 6) is -0.348. The fraction of sp³-hybridized carbons (Fsp3) is 0.588. The first-order valence-corrected chi connectivity index (χ1v) is 7.65. The van der Waals surface area contributed by atoms with Crippen LogP contribution in [-0.4, -0.2) is 18.9 Å². The van der Waals surface area contributed by atoms with Crippen molar-refractivity contribution in [3.63, 3.8) is 0 Å². The second kappa shape index (κ2) is 5.19. The molecule has 2 fully saturated rings. The highest BCUT2D eigenvalue weighted by atomic mass is 19.1. The first kappa shape index (κ1) is 13.6. The van der Waals surface area contributed by atoms with Crippen LogP contribution >= 0.6 is 0 Å². The summed E-state index contributed by atoms with van der Waals surface area (Å²) >= 11 is 0. The Labute approximate surface area is 120 Å². The van der Waals surface area contributed by atoms with Gasteiger partial charge in [0.25, 0.3) is 0 Å². The molecular weight excluding hydrogens is 253 g/mol. The van der Waals surface area contributed by atoms with Gasteiger partial charge in [-0.2, -0.15) is 0 Å². The van der Waals surface area contributed by atoms with Crippen molar-refractivity contribution in [1.82, 2.24) is 0 Å². The Morgan fingerprint density at radius 2 is 1.80 bits per heavy atom. The van der Waals surface area contributed by atoms with Gasteiger partial charge in [-0.1, -0.05) is 12.8 Å². The smallest absolute Gasteiger partial charge is 0.159 e. The zero-order valence-corrected chi connectivity index (χ0v) is 12.1. The molecule has 1 saturated heterocycles. The third-order valence-electron chi connectivity index (χ3n) is 5.18. The van der Waals surface area contributed by atoms with E-state index in [0.29, 0.717) is 16.7 Å². The van der Waals surface area contributed by atoms with Crippen LogP contribution in [0.25, 0.3) is 0 Å². The highest BCUT2D eigenvalue weighted by Gasteiger charge is 2.37. The van der Waals surface area contributed by atoms with E-state index in [9.17, 15) is 9.18 Å². The molecule has 1 aromatic rings. The van der Waals surface area contributed by atoms with E-state index in [1.807, 2.05) is 0 Å². The number of carbonyl (C=O) groups excluding carboxylic acids is 1. The van der Waals surface area contributed by atoms with Gasteiger partial charge >= 0.3 is 0 Å². The highest BCUT2D eigenvalue weighted by molar-refractivity contribution is 5.94. The number of hydrogen-bond acceptors (Lipinski definition) is 2. The van der Waals surface area contributed by atoms with Gasteiger partial charge in [-0.05, 0) is 56.2 Å². The van der Waals surface area contributed by atoms with Crippen molar-refractivity contribution < 1.29 is 9.18 Å². The Kier molecular flexibility index (Phi) is 3.53. The first-order chi connectivity index (χ1) is 9.60. The van der Waals surface area contributed by atoms with Crippen LogP contribution in [0.5, 0.6) is 0 Å². The molecule has 1 aliphatic heterocycles.